The van der Waals surface area contributed by atoms with Gasteiger partial charge < -0.3 is 5.32 Å². The van der Waals surface area contributed by atoms with Crippen molar-refractivity contribution in [2.24, 2.45) is 0 Å². The molecule has 0 aliphatic rings. The van der Waals surface area contributed by atoms with Gasteiger partial charge in [-0.2, -0.15) is 0 Å². The zero-order valence-electron chi connectivity index (χ0n) is 16.1. The molecule has 0 aliphatic heterocycles. The molecule has 0 saturated carbocycles. The Labute approximate surface area is 169 Å². The Morgan fingerprint density at radius 2 is 1.72 bits per heavy atom. The summed E-state index contributed by atoms with van der Waals surface area (Å²) in [5.74, 6) is 0.556. The van der Waals surface area contributed by atoms with Crippen LogP contribution in [0.4, 0.5) is 0 Å². The summed E-state index contributed by atoms with van der Waals surface area (Å²) in [6, 6.07) is 21.8. The maximum atomic E-state index is 12.7. The normalized spacial score (nSPS) is 10.7. The van der Waals surface area contributed by atoms with Crippen LogP contribution in [0.5, 0.6) is 0 Å². The molecule has 0 unspecified atom stereocenters. The minimum absolute atomic E-state index is 0.153. The van der Waals surface area contributed by atoms with E-state index in [2.05, 4.69) is 20.4 Å². The van der Waals surface area contributed by atoms with Gasteiger partial charge in [0.05, 0.1) is 5.69 Å². The molecule has 1 N–H and O–H groups in total. The molecule has 4 aromatic rings. The van der Waals surface area contributed by atoms with Gasteiger partial charge >= 0.3 is 0 Å². The number of aromatic nitrogens is 4. The molecular weight excluding hydrogens is 362 g/mol. The number of hydrogen-bond donors (Lipinski definition) is 1. The maximum Gasteiger partial charge on any atom is 0.291 e. The van der Waals surface area contributed by atoms with Crippen molar-refractivity contribution in [1.82, 2.24) is 25.1 Å². The van der Waals surface area contributed by atoms with Crippen LogP contribution in [-0.2, 0) is 13.0 Å². The minimum Gasteiger partial charge on any atom is -0.345 e. The van der Waals surface area contributed by atoms with Crippen molar-refractivity contribution in [3.05, 3.63) is 107 Å². The van der Waals surface area contributed by atoms with Gasteiger partial charge in [0.15, 0.2) is 0 Å². The second-order valence-electron chi connectivity index (χ2n) is 6.81. The summed E-state index contributed by atoms with van der Waals surface area (Å²) >= 11 is 0. The molecule has 2 aromatic heterocycles. The summed E-state index contributed by atoms with van der Waals surface area (Å²) in [6.07, 6.45) is 4.00. The van der Waals surface area contributed by atoms with Crippen LogP contribution >= 0.6 is 0 Å². The van der Waals surface area contributed by atoms with Crippen LogP contribution in [0.1, 0.15) is 33.1 Å². The topological polar surface area (TPSA) is 72.7 Å². The summed E-state index contributed by atoms with van der Waals surface area (Å²) in [5.41, 5.74) is 4.06. The number of pyridine rings is 1. The van der Waals surface area contributed by atoms with Crippen LogP contribution in [0.2, 0.25) is 0 Å². The van der Waals surface area contributed by atoms with Crippen LogP contribution in [0.25, 0.3) is 5.69 Å². The van der Waals surface area contributed by atoms with Gasteiger partial charge in [0.2, 0.25) is 5.82 Å². The molecule has 6 heteroatoms. The number of nitrogens with zero attached hydrogens (tertiary/aromatic N) is 4. The lowest BCUT2D eigenvalue weighted by Crippen LogP contribution is -2.24. The average Bonchev–Trinajstić information content (AvgIpc) is 3.18. The molecule has 4 rings (SSSR count). The number of nitrogens with one attached hydrogen (secondary N) is 1. The number of aryl methyl sites for hydroxylation is 1. The van der Waals surface area contributed by atoms with Gasteiger partial charge in [-0.15, -0.1) is 5.10 Å². The predicted molar refractivity (Wildman–Crippen MR) is 111 cm³/mol. The van der Waals surface area contributed by atoms with E-state index in [0.717, 1.165) is 22.4 Å². The summed E-state index contributed by atoms with van der Waals surface area (Å²) in [7, 11) is 0. The number of benzene rings is 2. The molecule has 144 valence electrons. The molecule has 0 radical (unpaired) electrons. The van der Waals surface area contributed by atoms with E-state index in [1.165, 1.54) is 0 Å². The molecule has 6 nitrogen and oxygen atoms in total. The molecule has 29 heavy (non-hydrogen) atoms. The largest absolute Gasteiger partial charge is 0.345 e. The summed E-state index contributed by atoms with van der Waals surface area (Å²) < 4.78 is 1.74. The van der Waals surface area contributed by atoms with Crippen molar-refractivity contribution in [1.29, 1.82) is 0 Å². The SMILES string of the molecule is Cc1ccc(-n2nc(C(=O)NCc3cccnc3)nc2Cc2ccccc2)cc1. The van der Waals surface area contributed by atoms with Gasteiger partial charge in [-0.3, -0.25) is 9.78 Å². The molecule has 0 spiro atoms. The molecule has 0 atom stereocenters. The van der Waals surface area contributed by atoms with Crippen LogP contribution in [0, 0.1) is 6.92 Å². The zero-order chi connectivity index (χ0) is 20.1. The molecule has 0 aliphatic carbocycles. The Balaban J connectivity index is 1.61. The number of carbonyl (C=O) groups is 1. The molecule has 2 aromatic carbocycles. The Kier molecular flexibility index (Phi) is 5.42. The van der Waals surface area contributed by atoms with Gasteiger partial charge in [-0.1, -0.05) is 54.1 Å². The van der Waals surface area contributed by atoms with E-state index in [0.29, 0.717) is 18.8 Å². The highest BCUT2D eigenvalue weighted by Gasteiger charge is 2.17. The van der Waals surface area contributed by atoms with E-state index in [-0.39, 0.29) is 11.7 Å². The Morgan fingerprint density at radius 3 is 2.45 bits per heavy atom. The molecular formula is C23H21N5O. The zero-order valence-corrected chi connectivity index (χ0v) is 16.1. The van der Waals surface area contributed by atoms with E-state index in [1.54, 1.807) is 17.1 Å². The number of rotatable bonds is 6. The fraction of sp³-hybridized carbons (Fsp3) is 0.130. The lowest BCUT2D eigenvalue weighted by molar-refractivity contribution is 0.0940. The van der Waals surface area contributed by atoms with Gasteiger partial charge in [-0.25, -0.2) is 9.67 Å². The van der Waals surface area contributed by atoms with E-state index in [1.807, 2.05) is 73.7 Å². The van der Waals surface area contributed by atoms with Gasteiger partial charge in [0.1, 0.15) is 5.82 Å². The van der Waals surface area contributed by atoms with E-state index >= 15 is 0 Å². The van der Waals surface area contributed by atoms with Crippen LogP contribution in [0.15, 0.2) is 79.1 Å². The first-order valence-electron chi connectivity index (χ1n) is 9.43. The Hall–Kier alpha value is -3.80. The summed E-state index contributed by atoms with van der Waals surface area (Å²) in [4.78, 5) is 21.3. The van der Waals surface area contributed by atoms with Gasteiger partial charge in [0.25, 0.3) is 5.91 Å². The van der Waals surface area contributed by atoms with Crippen molar-refractivity contribution < 1.29 is 4.79 Å². The first kappa shape index (κ1) is 18.6. The Bertz CT molecular complexity index is 1090. The van der Waals surface area contributed by atoms with Crippen molar-refractivity contribution in [2.75, 3.05) is 0 Å². The predicted octanol–water partition coefficient (Wildman–Crippen LogP) is 3.49. The lowest BCUT2D eigenvalue weighted by atomic mass is 10.1. The fourth-order valence-electron chi connectivity index (χ4n) is 2.99. The maximum absolute atomic E-state index is 12.7. The third-order valence-corrected chi connectivity index (χ3v) is 4.54. The molecule has 2 heterocycles. The highest BCUT2D eigenvalue weighted by atomic mass is 16.2. The number of hydrogen-bond acceptors (Lipinski definition) is 4. The molecule has 0 bridgehead atoms. The molecule has 1 amide bonds. The van der Waals surface area contributed by atoms with Gasteiger partial charge in [-0.05, 0) is 36.2 Å². The van der Waals surface area contributed by atoms with Crippen LogP contribution in [0.3, 0.4) is 0 Å². The monoisotopic (exact) mass is 383 g/mol. The lowest BCUT2D eigenvalue weighted by Gasteiger charge is -2.06. The van der Waals surface area contributed by atoms with Gasteiger partial charge in [0, 0.05) is 25.4 Å². The van der Waals surface area contributed by atoms with Crippen molar-refractivity contribution >= 4 is 5.91 Å². The first-order chi connectivity index (χ1) is 14.2. The molecule has 0 saturated heterocycles. The molecule has 0 fully saturated rings. The first-order valence-corrected chi connectivity index (χ1v) is 9.43. The fourth-order valence-corrected chi connectivity index (χ4v) is 2.99. The van der Waals surface area contributed by atoms with Crippen molar-refractivity contribution in [2.45, 2.75) is 19.9 Å². The smallest absolute Gasteiger partial charge is 0.291 e. The van der Waals surface area contributed by atoms with Crippen molar-refractivity contribution in [3.8, 4) is 5.69 Å². The van der Waals surface area contributed by atoms with E-state index in [9.17, 15) is 4.79 Å². The average molecular weight is 383 g/mol. The van der Waals surface area contributed by atoms with Crippen LogP contribution in [-0.4, -0.2) is 25.7 Å². The van der Waals surface area contributed by atoms with E-state index < -0.39 is 0 Å². The standard InChI is InChI=1S/C23H21N5O/c1-17-9-11-20(12-10-17)28-21(14-18-6-3-2-4-7-18)26-22(27-28)23(29)25-16-19-8-5-13-24-15-19/h2-13,15H,14,16H2,1H3,(H,25,29). The van der Waals surface area contributed by atoms with E-state index in [4.69, 9.17) is 0 Å². The highest BCUT2D eigenvalue weighted by molar-refractivity contribution is 5.90. The third kappa shape index (κ3) is 4.55. The third-order valence-electron chi connectivity index (χ3n) is 4.54. The quantitative estimate of drug-likeness (QED) is 0.553. The minimum atomic E-state index is -0.311. The summed E-state index contributed by atoms with van der Waals surface area (Å²) in [5, 5.41) is 7.36. The second kappa shape index (κ2) is 8.48. The number of amides is 1. The number of carbonyl (C=O) groups excluding carboxylic acids is 1. The second-order valence-corrected chi connectivity index (χ2v) is 6.81. The Morgan fingerprint density at radius 1 is 0.966 bits per heavy atom. The highest BCUT2D eigenvalue weighted by Crippen LogP contribution is 2.15. The van der Waals surface area contributed by atoms with Crippen LogP contribution < -0.4 is 5.32 Å². The summed E-state index contributed by atoms with van der Waals surface area (Å²) in [6.45, 7) is 2.41. The van der Waals surface area contributed by atoms with Crippen molar-refractivity contribution in [3.63, 3.8) is 0 Å².